The number of benzene rings is 3. The van der Waals surface area contributed by atoms with E-state index in [1.807, 2.05) is 43.3 Å². The molecule has 7 nitrogen and oxygen atoms in total. The summed E-state index contributed by atoms with van der Waals surface area (Å²) >= 11 is 0. The smallest absolute Gasteiger partial charge is 0.331 e. The Bertz CT molecular complexity index is 1330. The average molecular weight is 488 g/mol. The minimum Gasteiger partial charge on any atom is -0.467 e. The molecule has 0 saturated carbocycles. The van der Waals surface area contributed by atoms with Crippen LogP contribution in [0.4, 0.5) is 15.8 Å². The van der Waals surface area contributed by atoms with E-state index < -0.39 is 47.0 Å². The number of fused-ring (bicyclic) bond motifs is 1. The van der Waals surface area contributed by atoms with Gasteiger partial charge in [-0.2, -0.15) is 0 Å². The Balaban J connectivity index is 1.71. The first-order valence-corrected chi connectivity index (χ1v) is 11.6. The highest BCUT2D eigenvalue weighted by atomic mass is 19.1. The number of halogens is 1. The summed E-state index contributed by atoms with van der Waals surface area (Å²) in [6, 6.07) is 21.2. The van der Waals surface area contributed by atoms with Crippen LogP contribution in [0.15, 0.2) is 78.9 Å². The number of hydrogen-bond acceptors (Lipinski definition) is 6. The van der Waals surface area contributed by atoms with Crippen molar-refractivity contribution < 1.29 is 23.5 Å². The van der Waals surface area contributed by atoms with Crippen LogP contribution in [0.1, 0.15) is 17.2 Å². The Morgan fingerprint density at radius 2 is 1.58 bits per heavy atom. The zero-order valence-corrected chi connectivity index (χ0v) is 20.1. The molecule has 0 spiro atoms. The number of anilines is 2. The second-order valence-electron chi connectivity index (χ2n) is 9.24. The molecule has 2 heterocycles. The van der Waals surface area contributed by atoms with Crippen LogP contribution in [-0.2, 0) is 24.7 Å². The third kappa shape index (κ3) is 3.40. The molecule has 0 aliphatic carbocycles. The highest BCUT2D eigenvalue weighted by Gasteiger charge is 2.69. The first-order chi connectivity index (χ1) is 17.3. The summed E-state index contributed by atoms with van der Waals surface area (Å²) in [7, 11) is 5.09. The van der Waals surface area contributed by atoms with E-state index in [0.717, 1.165) is 16.2 Å². The number of carbonyl (C=O) groups is 3. The fourth-order valence-corrected chi connectivity index (χ4v) is 5.48. The van der Waals surface area contributed by atoms with Crippen LogP contribution >= 0.6 is 0 Å². The molecule has 1 N–H and O–H groups in total. The molecule has 8 heteroatoms. The largest absolute Gasteiger partial charge is 0.467 e. The van der Waals surface area contributed by atoms with E-state index in [4.69, 9.17) is 4.74 Å². The molecule has 5 rings (SSSR count). The molecule has 2 saturated heterocycles. The van der Waals surface area contributed by atoms with Crippen LogP contribution in [0.2, 0.25) is 0 Å². The van der Waals surface area contributed by atoms with Gasteiger partial charge in [-0.05, 0) is 35.4 Å². The lowest BCUT2D eigenvalue weighted by Crippen LogP contribution is -2.53. The summed E-state index contributed by atoms with van der Waals surface area (Å²) < 4.78 is 20.0. The normalized spacial score (nSPS) is 25.1. The Morgan fingerprint density at radius 3 is 2.19 bits per heavy atom. The molecule has 3 aromatic rings. The first kappa shape index (κ1) is 23.7. The zero-order valence-electron chi connectivity index (χ0n) is 20.1. The minimum absolute atomic E-state index is 0.129. The number of ether oxygens (including phenoxy) is 1. The highest BCUT2D eigenvalue weighted by molar-refractivity contribution is 6.24. The van der Waals surface area contributed by atoms with Crippen LogP contribution in [0.5, 0.6) is 0 Å². The van der Waals surface area contributed by atoms with E-state index in [2.05, 4.69) is 5.32 Å². The first-order valence-electron chi connectivity index (χ1n) is 11.6. The summed E-state index contributed by atoms with van der Waals surface area (Å²) in [6.07, 6.45) is 0. The maximum atomic E-state index is 14.8. The van der Waals surface area contributed by atoms with Gasteiger partial charge in [0, 0.05) is 25.8 Å². The van der Waals surface area contributed by atoms with Gasteiger partial charge in [0.1, 0.15) is 5.82 Å². The van der Waals surface area contributed by atoms with Crippen molar-refractivity contribution in [3.05, 3.63) is 95.8 Å². The monoisotopic (exact) mass is 487 g/mol. The van der Waals surface area contributed by atoms with Gasteiger partial charge in [0.05, 0.1) is 24.6 Å². The number of hydrogen-bond donors (Lipinski definition) is 1. The molecule has 0 radical (unpaired) electrons. The lowest BCUT2D eigenvalue weighted by molar-refractivity contribution is -0.152. The molecule has 2 fully saturated rings. The fraction of sp³-hybridized carbons (Fsp3) is 0.250. The van der Waals surface area contributed by atoms with E-state index in [-0.39, 0.29) is 5.69 Å². The standard InChI is InChI=1S/C28H26FN3O4/c1-31(2)19-15-13-17(14-16-19)24-22-23(26(34)32(25(22)33)21-12-8-7-11-20(21)29)28(30-24,27(35)36-3)18-9-5-4-6-10-18/h4-16,22-24,30H,1-3H3/t22-,23+,24-,28+/m1/s1. The van der Waals surface area contributed by atoms with Crippen LogP contribution in [0.25, 0.3) is 0 Å². The van der Waals surface area contributed by atoms with Gasteiger partial charge < -0.3 is 9.64 Å². The van der Waals surface area contributed by atoms with E-state index in [0.29, 0.717) is 5.56 Å². The third-order valence-electron chi connectivity index (χ3n) is 7.16. The topological polar surface area (TPSA) is 79.0 Å². The lowest BCUT2D eigenvalue weighted by atomic mass is 9.75. The summed E-state index contributed by atoms with van der Waals surface area (Å²) in [5, 5.41) is 3.34. The van der Waals surface area contributed by atoms with Gasteiger partial charge in [-0.1, -0.05) is 54.6 Å². The second-order valence-corrected chi connectivity index (χ2v) is 9.24. The van der Waals surface area contributed by atoms with E-state index >= 15 is 0 Å². The summed E-state index contributed by atoms with van der Waals surface area (Å²) in [6.45, 7) is 0. The number of para-hydroxylation sites is 1. The Kier molecular flexibility index (Phi) is 5.84. The number of rotatable bonds is 5. The van der Waals surface area contributed by atoms with Crippen LogP contribution in [-0.4, -0.2) is 39.0 Å². The van der Waals surface area contributed by atoms with Crippen molar-refractivity contribution in [2.24, 2.45) is 11.8 Å². The number of imide groups is 1. The van der Waals surface area contributed by atoms with Crippen molar-refractivity contribution in [1.82, 2.24) is 5.32 Å². The number of carbonyl (C=O) groups excluding carboxylic acids is 3. The quantitative estimate of drug-likeness (QED) is 0.439. The van der Waals surface area contributed by atoms with E-state index in [9.17, 15) is 18.8 Å². The van der Waals surface area contributed by atoms with E-state index in [1.54, 1.807) is 36.4 Å². The molecule has 0 unspecified atom stereocenters. The predicted octanol–water partition coefficient (Wildman–Crippen LogP) is 3.41. The molecule has 3 aromatic carbocycles. The number of methoxy groups -OCH3 is 1. The molecule has 2 aliphatic heterocycles. The van der Waals surface area contributed by atoms with Crippen molar-refractivity contribution in [1.29, 1.82) is 0 Å². The Morgan fingerprint density at radius 1 is 0.944 bits per heavy atom. The SMILES string of the molecule is COC(=O)[C@@]1(c2ccccc2)N[C@H](c2ccc(N(C)C)cc2)[C@@H]2C(=O)N(c3ccccc3F)C(=O)[C@H]21. The van der Waals surface area contributed by atoms with Gasteiger partial charge >= 0.3 is 5.97 Å². The zero-order chi connectivity index (χ0) is 25.6. The molecular weight excluding hydrogens is 461 g/mol. The van der Waals surface area contributed by atoms with Crippen molar-refractivity contribution in [3.8, 4) is 0 Å². The van der Waals surface area contributed by atoms with Crippen LogP contribution in [0.3, 0.4) is 0 Å². The molecule has 4 atom stereocenters. The number of amides is 2. The predicted molar refractivity (Wildman–Crippen MR) is 133 cm³/mol. The molecular formula is C28H26FN3O4. The Labute approximate surface area is 208 Å². The molecule has 2 amide bonds. The number of nitrogens with zero attached hydrogens (tertiary/aromatic N) is 2. The summed E-state index contributed by atoms with van der Waals surface area (Å²) in [5.74, 6) is -4.69. The van der Waals surface area contributed by atoms with Crippen molar-refractivity contribution in [2.45, 2.75) is 11.6 Å². The highest BCUT2D eigenvalue weighted by Crippen LogP contribution is 2.54. The maximum absolute atomic E-state index is 14.8. The van der Waals surface area contributed by atoms with Gasteiger partial charge in [0.2, 0.25) is 11.8 Å². The van der Waals surface area contributed by atoms with Crippen LogP contribution < -0.4 is 15.1 Å². The van der Waals surface area contributed by atoms with Gasteiger partial charge in [-0.15, -0.1) is 0 Å². The summed E-state index contributed by atoms with van der Waals surface area (Å²) in [5.41, 5.74) is 0.413. The second kappa shape index (κ2) is 8.87. The summed E-state index contributed by atoms with van der Waals surface area (Å²) in [4.78, 5) is 44.2. The van der Waals surface area contributed by atoms with Crippen molar-refractivity contribution in [2.75, 3.05) is 31.0 Å². The molecule has 36 heavy (non-hydrogen) atoms. The third-order valence-corrected chi connectivity index (χ3v) is 7.16. The maximum Gasteiger partial charge on any atom is 0.331 e. The van der Waals surface area contributed by atoms with Gasteiger partial charge in [0.15, 0.2) is 5.54 Å². The lowest BCUT2D eigenvalue weighted by Gasteiger charge is -2.33. The van der Waals surface area contributed by atoms with Gasteiger partial charge in [0.25, 0.3) is 0 Å². The van der Waals surface area contributed by atoms with Crippen molar-refractivity contribution in [3.63, 3.8) is 0 Å². The molecule has 0 aromatic heterocycles. The van der Waals surface area contributed by atoms with E-state index in [1.165, 1.54) is 25.3 Å². The number of nitrogens with one attached hydrogen (secondary N) is 1. The van der Waals surface area contributed by atoms with Gasteiger partial charge in [-0.25, -0.2) is 14.1 Å². The fourth-order valence-electron chi connectivity index (χ4n) is 5.48. The molecule has 2 aliphatic rings. The Hall–Kier alpha value is -4.04. The van der Waals surface area contributed by atoms with Gasteiger partial charge in [-0.3, -0.25) is 14.9 Å². The number of esters is 1. The molecule has 0 bridgehead atoms. The minimum atomic E-state index is -1.64. The van der Waals surface area contributed by atoms with Crippen molar-refractivity contribution >= 4 is 29.2 Å². The van der Waals surface area contributed by atoms with Crippen LogP contribution in [0, 0.1) is 17.7 Å². The average Bonchev–Trinajstić information content (AvgIpc) is 3.39. The molecule has 184 valence electrons.